The summed E-state index contributed by atoms with van der Waals surface area (Å²) in [6.45, 7) is 7.13. The summed E-state index contributed by atoms with van der Waals surface area (Å²) in [7, 11) is -3.78. The molecular weight excluding hydrogens is 534 g/mol. The Balaban J connectivity index is 1.33. The van der Waals surface area contributed by atoms with Gasteiger partial charge in [0.15, 0.2) is 10.8 Å². The van der Waals surface area contributed by atoms with E-state index in [4.69, 9.17) is 4.98 Å². The fourth-order valence-electron chi connectivity index (χ4n) is 6.10. The van der Waals surface area contributed by atoms with Crippen LogP contribution in [-0.2, 0) is 25.6 Å². The summed E-state index contributed by atoms with van der Waals surface area (Å²) < 4.78 is 31.9. The van der Waals surface area contributed by atoms with Gasteiger partial charge in [-0.05, 0) is 63.0 Å². The van der Waals surface area contributed by atoms with Crippen molar-refractivity contribution < 1.29 is 13.2 Å². The number of carbonyl (C=O) groups is 1. The lowest BCUT2D eigenvalue weighted by atomic mass is 9.86. The van der Waals surface area contributed by atoms with Gasteiger partial charge in [0.25, 0.3) is 0 Å². The highest BCUT2D eigenvalue weighted by molar-refractivity contribution is 7.89. The third kappa shape index (κ3) is 3.92. The topological polar surface area (TPSA) is 133 Å². The van der Waals surface area contributed by atoms with E-state index in [0.717, 1.165) is 49.6 Å². The summed E-state index contributed by atoms with van der Waals surface area (Å²) in [6.07, 6.45) is 8.32. The van der Waals surface area contributed by atoms with Crippen LogP contribution in [-0.4, -0.2) is 57.4 Å². The molecule has 4 aliphatic rings. The molecule has 39 heavy (non-hydrogen) atoms. The van der Waals surface area contributed by atoms with Crippen LogP contribution in [0, 0.1) is 23.2 Å². The summed E-state index contributed by atoms with van der Waals surface area (Å²) in [5.74, 6) is 0.931. The van der Waals surface area contributed by atoms with E-state index in [9.17, 15) is 18.5 Å². The molecule has 2 atom stereocenters. The summed E-state index contributed by atoms with van der Waals surface area (Å²) in [5, 5.41) is 19.5. The van der Waals surface area contributed by atoms with E-state index in [0.29, 0.717) is 28.9 Å². The zero-order valence-corrected chi connectivity index (χ0v) is 23.9. The van der Waals surface area contributed by atoms with Crippen LogP contribution in [0.1, 0.15) is 69.9 Å². The van der Waals surface area contributed by atoms with Crippen molar-refractivity contribution in [3.63, 3.8) is 0 Å². The maximum absolute atomic E-state index is 13.6. The number of hydrogen-bond donors (Lipinski definition) is 1. The number of nitrogens with one attached hydrogen (secondary N) is 1. The first kappa shape index (κ1) is 25.1. The van der Waals surface area contributed by atoms with Crippen LogP contribution in [0.5, 0.6) is 0 Å². The van der Waals surface area contributed by atoms with Gasteiger partial charge in [0.1, 0.15) is 10.4 Å². The van der Waals surface area contributed by atoms with Crippen molar-refractivity contribution in [3.05, 3.63) is 29.0 Å². The van der Waals surface area contributed by atoms with E-state index in [1.165, 1.54) is 11.3 Å². The minimum Gasteiger partial charge on any atom is -0.342 e. The number of likely N-dealkylation sites (tertiary alicyclic amines) is 1. The van der Waals surface area contributed by atoms with Crippen molar-refractivity contribution >= 4 is 32.8 Å². The number of imidazole rings is 1. The van der Waals surface area contributed by atoms with Crippen LogP contribution >= 0.6 is 11.3 Å². The van der Waals surface area contributed by atoms with E-state index >= 15 is 0 Å². The zero-order chi connectivity index (χ0) is 27.4. The molecule has 3 aliphatic carbocycles. The van der Waals surface area contributed by atoms with Crippen molar-refractivity contribution in [2.75, 3.05) is 13.1 Å². The Morgan fingerprint density at radius 2 is 2.00 bits per heavy atom. The summed E-state index contributed by atoms with van der Waals surface area (Å²) in [6, 6.07) is 4.20. The van der Waals surface area contributed by atoms with Gasteiger partial charge in [0, 0.05) is 36.2 Å². The number of carbonyl (C=O) groups excluding carboxylic acids is 1. The van der Waals surface area contributed by atoms with Crippen molar-refractivity contribution in [1.29, 1.82) is 5.26 Å². The molecule has 4 heterocycles. The van der Waals surface area contributed by atoms with Gasteiger partial charge in [-0.3, -0.25) is 9.20 Å². The Labute approximate surface area is 231 Å². The fourth-order valence-corrected chi connectivity index (χ4v) is 8.62. The number of hydrogen-bond acceptors (Lipinski definition) is 8. The number of aromatic nitrogens is 4. The minimum absolute atomic E-state index is 0.0451. The van der Waals surface area contributed by atoms with Crippen LogP contribution in [0.15, 0.2) is 23.4 Å². The number of sulfonamides is 1. The average molecular weight is 566 g/mol. The second kappa shape index (κ2) is 8.08. The zero-order valence-electron chi connectivity index (χ0n) is 22.3. The predicted molar refractivity (Wildman–Crippen MR) is 144 cm³/mol. The third-order valence-electron chi connectivity index (χ3n) is 9.14. The molecule has 1 amide bonds. The summed E-state index contributed by atoms with van der Waals surface area (Å²) in [4.78, 5) is 19.6. The number of nitrogens with zero attached hydrogens (tertiary/aromatic N) is 6. The first-order chi connectivity index (χ1) is 18.5. The molecule has 0 spiro atoms. The van der Waals surface area contributed by atoms with Gasteiger partial charge in [-0.2, -0.15) is 5.26 Å². The van der Waals surface area contributed by atoms with Crippen LogP contribution in [0.2, 0.25) is 0 Å². The molecule has 1 N–H and O–H groups in total. The van der Waals surface area contributed by atoms with Crippen LogP contribution in [0.4, 0.5) is 0 Å². The molecule has 1 saturated heterocycles. The Hall–Kier alpha value is -2.88. The third-order valence-corrected chi connectivity index (χ3v) is 11.9. The molecule has 7 rings (SSSR count). The van der Waals surface area contributed by atoms with E-state index in [1.807, 2.05) is 36.1 Å². The maximum Gasteiger partial charge on any atom is 0.242 e. The maximum atomic E-state index is 13.6. The Morgan fingerprint density at radius 3 is 2.64 bits per heavy atom. The van der Waals surface area contributed by atoms with Gasteiger partial charge in [-0.1, -0.05) is 25.2 Å². The molecule has 3 aromatic rings. The molecule has 12 heteroatoms. The standard InChI is InChI=1S/C27H31N7O3S2/c1-16(2)23(35)33-9-8-27(11-17(27)13-33)19-10-18(39(36,37)32-25(3)4-5-25)14-34-20(19)12-29-21(34)22-30-31-24(38-22)26(15-28)6-7-26/h10,12,14,16-17,32H,4-9,11,13H2,1-3H3/t17-,27+/m1/s1. The predicted octanol–water partition coefficient (Wildman–Crippen LogP) is 3.38. The Morgan fingerprint density at radius 1 is 1.23 bits per heavy atom. The minimum atomic E-state index is -3.78. The SMILES string of the molecule is CC(C)C(=O)N1CC[C@]2(c3cc(S(=O)(=O)NC4(C)CC4)cn4c(-c5nnc(C6(C#N)CC6)s5)ncc34)C[C@@H]2C1. The molecule has 10 nitrogen and oxygen atoms in total. The van der Waals surface area contributed by atoms with Crippen LogP contribution < -0.4 is 4.72 Å². The monoisotopic (exact) mass is 565 g/mol. The molecule has 204 valence electrons. The molecule has 1 aliphatic heterocycles. The first-order valence-corrected chi connectivity index (χ1v) is 15.9. The number of nitriles is 1. The van der Waals surface area contributed by atoms with Gasteiger partial charge in [-0.15, -0.1) is 10.2 Å². The molecular formula is C27H31N7O3S2. The molecule has 3 saturated carbocycles. The van der Waals surface area contributed by atoms with Crippen molar-refractivity contribution in [3.8, 4) is 16.9 Å². The van der Waals surface area contributed by atoms with Gasteiger partial charge < -0.3 is 4.90 Å². The average Bonchev–Trinajstić information content (AvgIpc) is 3.86. The van der Waals surface area contributed by atoms with E-state index in [2.05, 4.69) is 21.0 Å². The van der Waals surface area contributed by atoms with Crippen LogP contribution in [0.25, 0.3) is 16.3 Å². The summed E-state index contributed by atoms with van der Waals surface area (Å²) in [5.41, 5.74) is 0.678. The largest absolute Gasteiger partial charge is 0.342 e. The smallest absolute Gasteiger partial charge is 0.242 e. The van der Waals surface area contributed by atoms with Crippen molar-refractivity contribution in [1.82, 2.24) is 29.2 Å². The van der Waals surface area contributed by atoms with Gasteiger partial charge in [-0.25, -0.2) is 18.1 Å². The lowest BCUT2D eigenvalue weighted by molar-refractivity contribution is -0.135. The van der Waals surface area contributed by atoms with Crippen molar-refractivity contribution in [2.24, 2.45) is 11.8 Å². The number of amides is 1. The molecule has 0 unspecified atom stereocenters. The van der Waals surface area contributed by atoms with Crippen LogP contribution in [0.3, 0.4) is 0 Å². The molecule has 3 aromatic heterocycles. The number of piperidine rings is 1. The number of pyridine rings is 1. The van der Waals surface area contributed by atoms with E-state index < -0.39 is 21.0 Å². The lowest BCUT2D eigenvalue weighted by Gasteiger charge is -2.33. The molecule has 0 radical (unpaired) electrons. The van der Waals surface area contributed by atoms with Gasteiger partial charge in [0.05, 0.1) is 22.7 Å². The van der Waals surface area contributed by atoms with Gasteiger partial charge in [0.2, 0.25) is 15.9 Å². The van der Waals surface area contributed by atoms with Gasteiger partial charge >= 0.3 is 0 Å². The second-order valence-electron chi connectivity index (χ2n) is 12.4. The summed E-state index contributed by atoms with van der Waals surface area (Å²) >= 11 is 1.35. The Bertz CT molecular complexity index is 1680. The quantitative estimate of drug-likeness (QED) is 0.464. The first-order valence-electron chi connectivity index (χ1n) is 13.6. The highest BCUT2D eigenvalue weighted by Crippen LogP contribution is 2.60. The molecule has 4 fully saturated rings. The number of rotatable bonds is 7. The normalized spacial score (nSPS) is 26.3. The second-order valence-corrected chi connectivity index (χ2v) is 15.1. The van der Waals surface area contributed by atoms with Crippen molar-refractivity contribution in [2.45, 2.75) is 80.6 Å². The molecule has 0 bridgehead atoms. The highest BCUT2D eigenvalue weighted by atomic mass is 32.2. The number of fused-ring (bicyclic) bond motifs is 2. The Kier molecular flexibility index (Phi) is 5.20. The molecule has 0 aromatic carbocycles. The fraction of sp³-hybridized carbons (Fsp3) is 0.593. The van der Waals surface area contributed by atoms with E-state index in [1.54, 1.807) is 12.4 Å². The highest BCUT2D eigenvalue weighted by Gasteiger charge is 2.59. The van der Waals surface area contributed by atoms with E-state index in [-0.39, 0.29) is 28.1 Å². The lowest BCUT2D eigenvalue weighted by Crippen LogP contribution is -2.42.